The summed E-state index contributed by atoms with van der Waals surface area (Å²) in [5.41, 5.74) is 1.56. The maximum absolute atomic E-state index is 12.2. The van der Waals surface area contributed by atoms with Crippen molar-refractivity contribution in [2.75, 3.05) is 22.1 Å². The van der Waals surface area contributed by atoms with E-state index in [4.69, 9.17) is 0 Å². The molecule has 0 unspecified atom stereocenters. The molecule has 0 atom stereocenters. The number of benzene rings is 1. The van der Waals surface area contributed by atoms with Crippen LogP contribution in [-0.2, 0) is 4.79 Å². The van der Waals surface area contributed by atoms with Gasteiger partial charge in [-0.3, -0.25) is 20.2 Å². The van der Waals surface area contributed by atoms with Crippen molar-refractivity contribution in [1.82, 2.24) is 20.4 Å². The first-order valence-corrected chi connectivity index (χ1v) is 11.7. The molecule has 0 fully saturated rings. The Morgan fingerprint density at radius 2 is 1.68 bits per heavy atom. The van der Waals surface area contributed by atoms with Crippen LogP contribution in [0.25, 0.3) is 0 Å². The van der Waals surface area contributed by atoms with Gasteiger partial charge in [-0.15, -0.1) is 20.4 Å². The largest absolute Gasteiger partial charge is 0.300 e. The van der Waals surface area contributed by atoms with Crippen LogP contribution in [0.1, 0.15) is 22.8 Å². The number of aryl methyl sites for hydroxylation is 1. The van der Waals surface area contributed by atoms with E-state index in [1.807, 2.05) is 26.0 Å². The van der Waals surface area contributed by atoms with Gasteiger partial charge >= 0.3 is 0 Å². The Morgan fingerprint density at radius 3 is 2.36 bits per heavy atom. The molecule has 0 radical (unpaired) electrons. The van der Waals surface area contributed by atoms with Crippen LogP contribution in [0.4, 0.5) is 10.3 Å². The first-order valence-electron chi connectivity index (χ1n) is 8.14. The predicted octanol–water partition coefficient (Wildman–Crippen LogP) is 3.79. The molecule has 0 aliphatic rings. The highest BCUT2D eigenvalue weighted by atomic mass is 32.2. The number of hydrogen-bond acceptors (Lipinski definition) is 10. The van der Waals surface area contributed by atoms with Crippen LogP contribution in [0.3, 0.4) is 0 Å². The molecule has 2 N–H and O–H groups in total. The maximum atomic E-state index is 12.2. The lowest BCUT2D eigenvalue weighted by atomic mass is 10.1. The maximum Gasteiger partial charge on any atom is 0.257 e. The molecule has 12 heteroatoms. The summed E-state index contributed by atoms with van der Waals surface area (Å²) in [6, 6.07) is 7.29. The summed E-state index contributed by atoms with van der Waals surface area (Å²) < 4.78 is 1.41. The van der Waals surface area contributed by atoms with Gasteiger partial charge in [0.2, 0.25) is 16.2 Å². The molecular formula is C16H16N6O2S4. The molecular weight excluding hydrogens is 436 g/mol. The second-order valence-corrected chi connectivity index (χ2v) is 10.0. The van der Waals surface area contributed by atoms with Gasteiger partial charge in [0.05, 0.1) is 5.75 Å². The number of hydrogen-bond donors (Lipinski definition) is 2. The molecule has 0 spiro atoms. The van der Waals surface area contributed by atoms with Crippen LogP contribution in [0.2, 0.25) is 0 Å². The van der Waals surface area contributed by atoms with E-state index in [1.165, 1.54) is 34.4 Å². The van der Waals surface area contributed by atoms with Gasteiger partial charge in [0, 0.05) is 5.56 Å². The number of amides is 2. The van der Waals surface area contributed by atoms with Crippen molar-refractivity contribution in [3.63, 3.8) is 0 Å². The summed E-state index contributed by atoms with van der Waals surface area (Å²) >= 11 is 5.38. The number of thioether (sulfide) groups is 2. The molecule has 2 aromatic heterocycles. The topological polar surface area (TPSA) is 110 Å². The van der Waals surface area contributed by atoms with Crippen LogP contribution in [-0.4, -0.2) is 43.7 Å². The molecule has 0 saturated carbocycles. The number of aromatic nitrogens is 4. The van der Waals surface area contributed by atoms with Crippen molar-refractivity contribution < 1.29 is 9.59 Å². The van der Waals surface area contributed by atoms with E-state index < -0.39 is 0 Å². The molecule has 3 aromatic rings. The fourth-order valence-corrected chi connectivity index (χ4v) is 5.21. The van der Waals surface area contributed by atoms with Gasteiger partial charge < -0.3 is 0 Å². The van der Waals surface area contributed by atoms with Crippen molar-refractivity contribution in [2.45, 2.75) is 22.5 Å². The van der Waals surface area contributed by atoms with Crippen LogP contribution in [0.15, 0.2) is 32.9 Å². The van der Waals surface area contributed by atoms with Crippen LogP contribution in [0, 0.1) is 6.92 Å². The predicted molar refractivity (Wildman–Crippen MR) is 115 cm³/mol. The van der Waals surface area contributed by atoms with Gasteiger partial charge in [0.15, 0.2) is 8.68 Å². The minimum absolute atomic E-state index is 0.163. The zero-order chi connectivity index (χ0) is 19.9. The molecule has 2 amide bonds. The molecule has 2 heterocycles. The Kier molecular flexibility index (Phi) is 7.36. The van der Waals surface area contributed by atoms with Gasteiger partial charge in [-0.1, -0.05) is 70.8 Å². The lowest BCUT2D eigenvalue weighted by molar-refractivity contribution is -0.113. The molecule has 28 heavy (non-hydrogen) atoms. The van der Waals surface area contributed by atoms with Crippen LogP contribution >= 0.6 is 46.2 Å². The zero-order valence-electron chi connectivity index (χ0n) is 15.0. The fourth-order valence-electron chi connectivity index (χ4n) is 2.00. The second kappa shape index (κ2) is 9.96. The lowest BCUT2D eigenvalue weighted by Crippen LogP contribution is -2.13. The summed E-state index contributed by atoms with van der Waals surface area (Å²) in [5.74, 6) is 0.620. The average Bonchev–Trinajstić information content (AvgIpc) is 3.30. The minimum Gasteiger partial charge on any atom is -0.300 e. The van der Waals surface area contributed by atoms with Crippen molar-refractivity contribution in [3.8, 4) is 0 Å². The van der Waals surface area contributed by atoms with Gasteiger partial charge in [-0.05, 0) is 24.8 Å². The first kappa shape index (κ1) is 20.7. The summed E-state index contributed by atoms with van der Waals surface area (Å²) in [6.07, 6.45) is 0. The van der Waals surface area contributed by atoms with Crippen LogP contribution < -0.4 is 10.6 Å². The minimum atomic E-state index is -0.244. The van der Waals surface area contributed by atoms with E-state index in [9.17, 15) is 9.59 Å². The van der Waals surface area contributed by atoms with E-state index in [-0.39, 0.29) is 17.6 Å². The molecule has 146 valence electrons. The Bertz CT molecular complexity index is 973. The first-order chi connectivity index (χ1) is 13.5. The smallest absolute Gasteiger partial charge is 0.257 e. The Hall–Kier alpha value is -2.02. The summed E-state index contributed by atoms with van der Waals surface area (Å²) in [4.78, 5) is 24.3. The molecule has 3 rings (SSSR count). The molecule has 1 aromatic carbocycles. The molecule has 8 nitrogen and oxygen atoms in total. The quantitative estimate of drug-likeness (QED) is 0.392. The Morgan fingerprint density at radius 1 is 1.00 bits per heavy atom. The summed E-state index contributed by atoms with van der Waals surface area (Å²) in [7, 11) is 0. The number of anilines is 2. The SMILES string of the molecule is CCSc1nnc(NC(=O)CSc2nnc(NC(=O)c3cccc(C)c3)s2)s1. The number of nitrogens with zero attached hydrogens (tertiary/aromatic N) is 4. The zero-order valence-corrected chi connectivity index (χ0v) is 18.2. The highest BCUT2D eigenvalue weighted by Crippen LogP contribution is 2.27. The number of carbonyl (C=O) groups excluding carboxylic acids is 2. The van der Waals surface area contributed by atoms with E-state index in [1.54, 1.807) is 23.9 Å². The van der Waals surface area contributed by atoms with Gasteiger partial charge in [-0.25, -0.2) is 0 Å². The second-order valence-electron chi connectivity index (χ2n) is 5.34. The third-order valence-electron chi connectivity index (χ3n) is 3.15. The molecule has 0 aliphatic heterocycles. The Labute approximate surface area is 178 Å². The normalized spacial score (nSPS) is 10.6. The van der Waals surface area contributed by atoms with Gasteiger partial charge in [0.25, 0.3) is 5.91 Å². The van der Waals surface area contributed by atoms with Crippen molar-refractivity contribution in [3.05, 3.63) is 35.4 Å². The monoisotopic (exact) mass is 452 g/mol. The lowest BCUT2D eigenvalue weighted by Gasteiger charge is -2.01. The third-order valence-corrected chi connectivity index (χ3v) is 6.98. The highest BCUT2D eigenvalue weighted by molar-refractivity contribution is 8.01. The van der Waals surface area contributed by atoms with Gasteiger partial charge in [0.1, 0.15) is 0 Å². The summed E-state index contributed by atoms with van der Waals surface area (Å²) in [6.45, 7) is 3.95. The van der Waals surface area contributed by atoms with E-state index in [2.05, 4.69) is 31.0 Å². The molecule has 0 bridgehead atoms. The standard InChI is InChI=1S/C16H16N6O2S4/c1-3-25-15-21-19-13(27-15)17-11(23)8-26-16-22-20-14(28-16)18-12(24)10-6-4-5-9(2)7-10/h4-7H,3,8H2,1-2H3,(H,17,19,23)(H,18,20,24). The van der Waals surface area contributed by atoms with E-state index in [0.29, 0.717) is 20.2 Å². The van der Waals surface area contributed by atoms with Crippen molar-refractivity contribution in [2.24, 2.45) is 0 Å². The molecule has 0 aliphatic carbocycles. The van der Waals surface area contributed by atoms with Gasteiger partial charge in [-0.2, -0.15) is 0 Å². The van der Waals surface area contributed by atoms with E-state index >= 15 is 0 Å². The molecule has 0 saturated heterocycles. The highest BCUT2D eigenvalue weighted by Gasteiger charge is 2.13. The fraction of sp³-hybridized carbons (Fsp3) is 0.250. The Balaban J connectivity index is 1.48. The third kappa shape index (κ3) is 5.99. The number of rotatable bonds is 8. The van der Waals surface area contributed by atoms with Crippen LogP contribution in [0.5, 0.6) is 0 Å². The van der Waals surface area contributed by atoms with Crippen molar-refractivity contribution in [1.29, 1.82) is 0 Å². The summed E-state index contributed by atoms with van der Waals surface area (Å²) in [5, 5.41) is 22.2. The number of carbonyl (C=O) groups is 2. The average molecular weight is 453 g/mol. The number of nitrogens with one attached hydrogen (secondary N) is 2. The van der Waals surface area contributed by atoms with Crippen molar-refractivity contribution >= 4 is 68.3 Å². The van der Waals surface area contributed by atoms with E-state index in [0.717, 1.165) is 15.7 Å².